The van der Waals surface area contributed by atoms with Crippen LogP contribution in [0.3, 0.4) is 0 Å². The molecule has 0 bridgehead atoms. The Labute approximate surface area is 116 Å². The molecule has 1 aliphatic carbocycles. The molecule has 1 aliphatic rings. The normalized spacial score (nSPS) is 23.1. The number of halogens is 1. The maximum atomic E-state index is 12.1. The first kappa shape index (κ1) is 13.9. The smallest absolute Gasteiger partial charge is 0.308 e. The zero-order chi connectivity index (χ0) is 14.0. The molecule has 0 aliphatic heterocycles. The van der Waals surface area contributed by atoms with E-state index in [1.165, 1.54) is 0 Å². The minimum atomic E-state index is -0.838. The van der Waals surface area contributed by atoms with E-state index in [2.05, 4.69) is 5.32 Å². The van der Waals surface area contributed by atoms with Crippen LogP contribution in [0.1, 0.15) is 36.2 Å². The van der Waals surface area contributed by atoms with Gasteiger partial charge in [-0.3, -0.25) is 9.59 Å². The third-order valence-corrected chi connectivity index (χ3v) is 3.81. The average Bonchev–Trinajstić information content (AvgIpc) is 2.69. The van der Waals surface area contributed by atoms with E-state index in [1.807, 2.05) is 0 Å². The van der Waals surface area contributed by atoms with Gasteiger partial charge in [0.2, 0.25) is 0 Å². The molecule has 0 radical (unpaired) electrons. The molecule has 1 heterocycles. The third-order valence-electron chi connectivity index (χ3n) is 3.60. The number of aromatic nitrogens is 1. The molecule has 1 fully saturated rings. The fourth-order valence-electron chi connectivity index (χ4n) is 2.59. The molecule has 0 spiro atoms. The van der Waals surface area contributed by atoms with Crippen molar-refractivity contribution < 1.29 is 14.7 Å². The number of hydrogen-bond donors (Lipinski definition) is 2. The lowest BCUT2D eigenvalue weighted by Gasteiger charge is -2.29. The third kappa shape index (κ3) is 3.10. The number of nitrogens with zero attached hydrogens (tertiary/aromatic N) is 1. The average molecular weight is 285 g/mol. The number of aryl methyl sites for hydroxylation is 1. The molecule has 0 saturated heterocycles. The van der Waals surface area contributed by atoms with Gasteiger partial charge in [0.25, 0.3) is 5.91 Å². The van der Waals surface area contributed by atoms with Gasteiger partial charge >= 0.3 is 5.97 Å². The summed E-state index contributed by atoms with van der Waals surface area (Å²) < 4.78 is 1.64. The number of carboxylic acids is 1. The van der Waals surface area contributed by atoms with E-state index in [-0.39, 0.29) is 11.9 Å². The zero-order valence-electron chi connectivity index (χ0n) is 10.7. The first-order valence-corrected chi connectivity index (χ1v) is 6.72. The summed E-state index contributed by atoms with van der Waals surface area (Å²) in [7, 11) is 1.73. The minimum Gasteiger partial charge on any atom is -0.481 e. The Morgan fingerprint density at radius 1 is 1.42 bits per heavy atom. The fraction of sp³-hybridized carbons (Fsp3) is 0.538. The molecule has 104 valence electrons. The van der Waals surface area contributed by atoms with Crippen LogP contribution in [0, 0.1) is 5.92 Å². The van der Waals surface area contributed by atoms with Gasteiger partial charge in [0.1, 0.15) is 5.69 Å². The fourth-order valence-corrected chi connectivity index (χ4v) is 2.84. The van der Waals surface area contributed by atoms with E-state index in [9.17, 15) is 14.7 Å². The van der Waals surface area contributed by atoms with Gasteiger partial charge in [0, 0.05) is 19.3 Å². The van der Waals surface area contributed by atoms with Crippen LogP contribution in [0.2, 0.25) is 5.02 Å². The summed E-state index contributed by atoms with van der Waals surface area (Å²) in [6, 6.07) is 1.28. The summed E-state index contributed by atoms with van der Waals surface area (Å²) in [6.45, 7) is 0. The van der Waals surface area contributed by atoms with E-state index in [1.54, 1.807) is 23.9 Å². The van der Waals surface area contributed by atoms with Crippen molar-refractivity contribution in [3.8, 4) is 0 Å². The van der Waals surface area contributed by atoms with E-state index >= 15 is 0 Å². The van der Waals surface area contributed by atoms with Crippen molar-refractivity contribution in [2.45, 2.75) is 31.7 Å². The standard InChI is InChI=1S/C13H17ClN2O3/c1-16-7-8(14)6-11(16)12(17)15-10-5-3-2-4-9(10)13(18)19/h6-7,9-10H,2-5H2,1H3,(H,15,17)(H,18,19). The van der Waals surface area contributed by atoms with E-state index < -0.39 is 11.9 Å². The monoisotopic (exact) mass is 284 g/mol. The van der Waals surface area contributed by atoms with Gasteiger partial charge in [0.05, 0.1) is 10.9 Å². The van der Waals surface area contributed by atoms with Gasteiger partial charge in [-0.05, 0) is 18.9 Å². The van der Waals surface area contributed by atoms with Gasteiger partial charge in [-0.1, -0.05) is 24.4 Å². The number of carbonyl (C=O) groups is 2. The van der Waals surface area contributed by atoms with Crippen molar-refractivity contribution in [2.75, 3.05) is 0 Å². The molecule has 19 heavy (non-hydrogen) atoms. The Morgan fingerprint density at radius 3 is 2.68 bits per heavy atom. The summed E-state index contributed by atoms with van der Waals surface area (Å²) in [6.07, 6.45) is 4.82. The predicted octanol–water partition coefficient (Wildman–Crippen LogP) is 2.05. The van der Waals surface area contributed by atoms with Crippen molar-refractivity contribution >= 4 is 23.5 Å². The number of amides is 1. The highest BCUT2D eigenvalue weighted by atomic mass is 35.5. The Hall–Kier alpha value is -1.49. The van der Waals surface area contributed by atoms with Crippen molar-refractivity contribution in [1.82, 2.24) is 9.88 Å². The molecule has 2 unspecified atom stereocenters. The number of rotatable bonds is 3. The van der Waals surface area contributed by atoms with Crippen molar-refractivity contribution in [3.63, 3.8) is 0 Å². The van der Waals surface area contributed by atoms with Crippen LogP contribution in [-0.2, 0) is 11.8 Å². The number of carboxylic acid groups (broad SMARTS) is 1. The van der Waals surface area contributed by atoms with Gasteiger partial charge in [-0.15, -0.1) is 0 Å². The molecule has 2 N–H and O–H groups in total. The Morgan fingerprint density at radius 2 is 2.11 bits per heavy atom. The topological polar surface area (TPSA) is 71.3 Å². The van der Waals surface area contributed by atoms with Crippen LogP contribution in [0.4, 0.5) is 0 Å². The maximum absolute atomic E-state index is 12.1. The van der Waals surface area contributed by atoms with Crippen molar-refractivity contribution in [3.05, 3.63) is 23.0 Å². The number of aliphatic carboxylic acids is 1. The highest BCUT2D eigenvalue weighted by Crippen LogP contribution is 2.25. The van der Waals surface area contributed by atoms with Crippen molar-refractivity contribution in [1.29, 1.82) is 0 Å². The van der Waals surface area contributed by atoms with Crippen LogP contribution in [-0.4, -0.2) is 27.6 Å². The predicted molar refractivity (Wildman–Crippen MR) is 71.3 cm³/mol. The van der Waals surface area contributed by atoms with Crippen LogP contribution in [0.5, 0.6) is 0 Å². The Kier molecular flexibility index (Phi) is 4.14. The van der Waals surface area contributed by atoms with E-state index in [0.29, 0.717) is 23.6 Å². The lowest BCUT2D eigenvalue weighted by Crippen LogP contribution is -2.45. The first-order chi connectivity index (χ1) is 8.99. The maximum Gasteiger partial charge on any atom is 0.308 e. The molecule has 5 nitrogen and oxygen atoms in total. The van der Waals surface area contributed by atoms with Gasteiger partial charge < -0.3 is 15.0 Å². The highest BCUT2D eigenvalue weighted by molar-refractivity contribution is 6.31. The summed E-state index contributed by atoms with van der Waals surface area (Å²) >= 11 is 5.84. The molecule has 1 amide bonds. The molecule has 1 aromatic heterocycles. The molecule has 0 aromatic carbocycles. The second kappa shape index (κ2) is 5.65. The van der Waals surface area contributed by atoms with Gasteiger partial charge in [0.15, 0.2) is 0 Å². The van der Waals surface area contributed by atoms with Gasteiger partial charge in [-0.2, -0.15) is 0 Å². The van der Waals surface area contributed by atoms with Crippen LogP contribution in [0.15, 0.2) is 12.3 Å². The Balaban J connectivity index is 2.09. The molecule has 1 saturated carbocycles. The van der Waals surface area contributed by atoms with Crippen LogP contribution in [0.25, 0.3) is 0 Å². The second-order valence-corrected chi connectivity index (χ2v) is 5.40. The molecular weight excluding hydrogens is 268 g/mol. The summed E-state index contributed by atoms with van der Waals surface area (Å²) in [4.78, 5) is 23.3. The Bertz CT molecular complexity index is 498. The van der Waals surface area contributed by atoms with Crippen LogP contribution < -0.4 is 5.32 Å². The second-order valence-electron chi connectivity index (χ2n) is 4.96. The minimum absolute atomic E-state index is 0.271. The highest BCUT2D eigenvalue weighted by Gasteiger charge is 2.32. The number of nitrogens with one attached hydrogen (secondary N) is 1. The van der Waals surface area contributed by atoms with Gasteiger partial charge in [-0.25, -0.2) is 0 Å². The molecule has 2 rings (SSSR count). The molecular formula is C13H17ClN2O3. The largest absolute Gasteiger partial charge is 0.481 e. The number of carbonyl (C=O) groups excluding carboxylic acids is 1. The molecule has 1 aromatic rings. The summed E-state index contributed by atoms with van der Waals surface area (Å²) in [5, 5.41) is 12.5. The zero-order valence-corrected chi connectivity index (χ0v) is 11.5. The SMILES string of the molecule is Cn1cc(Cl)cc1C(=O)NC1CCCCC1C(=O)O. The summed E-state index contributed by atoms with van der Waals surface area (Å²) in [5.41, 5.74) is 0.444. The summed E-state index contributed by atoms with van der Waals surface area (Å²) in [5.74, 6) is -1.60. The first-order valence-electron chi connectivity index (χ1n) is 6.34. The van der Waals surface area contributed by atoms with E-state index in [4.69, 9.17) is 11.6 Å². The lowest BCUT2D eigenvalue weighted by atomic mass is 9.84. The van der Waals surface area contributed by atoms with Crippen LogP contribution >= 0.6 is 11.6 Å². The number of hydrogen-bond acceptors (Lipinski definition) is 2. The molecule has 2 atom stereocenters. The molecule has 6 heteroatoms. The van der Waals surface area contributed by atoms with E-state index in [0.717, 1.165) is 12.8 Å². The van der Waals surface area contributed by atoms with Crippen molar-refractivity contribution in [2.24, 2.45) is 13.0 Å². The lowest BCUT2D eigenvalue weighted by molar-refractivity contribution is -0.143. The quantitative estimate of drug-likeness (QED) is 0.892.